The summed E-state index contributed by atoms with van der Waals surface area (Å²) >= 11 is 0. The number of rotatable bonds is 3. The van der Waals surface area contributed by atoms with Crippen molar-refractivity contribution in [2.45, 2.75) is 25.8 Å². The molecule has 0 amide bonds. The summed E-state index contributed by atoms with van der Waals surface area (Å²) in [7, 11) is 1.78. The van der Waals surface area contributed by atoms with E-state index < -0.39 is 0 Å². The fourth-order valence-corrected chi connectivity index (χ4v) is 2.94. The van der Waals surface area contributed by atoms with Gasteiger partial charge in [0.1, 0.15) is 5.69 Å². The fraction of sp³-hybridized carbons (Fsp3) is 0.750. The molecule has 1 saturated heterocycles. The third-order valence-electron chi connectivity index (χ3n) is 4.02. The van der Waals surface area contributed by atoms with Crippen LogP contribution in [0.5, 0.6) is 0 Å². The Hall–Kier alpha value is -1.63. The Kier molecular flexibility index (Phi) is 2.93. The standard InChI is InChI=1S/C12H19N5O2/c1-9-11(17(18)19)12(14(2)13-9)16-7-5-15(6-8-16)10-3-4-10/h10H,3-8H2,1-2H3. The highest BCUT2D eigenvalue weighted by molar-refractivity contribution is 5.61. The average Bonchev–Trinajstić information content (AvgIpc) is 3.15. The Morgan fingerprint density at radius 1 is 1.26 bits per heavy atom. The predicted molar refractivity (Wildman–Crippen MR) is 71.4 cm³/mol. The van der Waals surface area contributed by atoms with Gasteiger partial charge in [-0.3, -0.25) is 15.0 Å². The maximum Gasteiger partial charge on any atom is 0.333 e. The number of aromatic nitrogens is 2. The van der Waals surface area contributed by atoms with Gasteiger partial charge in [-0.2, -0.15) is 5.10 Å². The number of nitro groups is 1. The van der Waals surface area contributed by atoms with Crippen LogP contribution in [0.2, 0.25) is 0 Å². The Bertz CT molecular complexity index is 500. The first kappa shape index (κ1) is 12.4. The van der Waals surface area contributed by atoms with E-state index in [1.807, 2.05) is 0 Å². The van der Waals surface area contributed by atoms with Crippen molar-refractivity contribution in [1.82, 2.24) is 14.7 Å². The average molecular weight is 265 g/mol. The van der Waals surface area contributed by atoms with Gasteiger partial charge in [-0.05, 0) is 19.8 Å². The molecule has 3 rings (SSSR count). The second-order valence-corrected chi connectivity index (χ2v) is 5.39. The SMILES string of the molecule is Cc1nn(C)c(N2CCN(C3CC3)CC2)c1[N+](=O)[O-]. The van der Waals surface area contributed by atoms with Crippen LogP contribution >= 0.6 is 0 Å². The van der Waals surface area contributed by atoms with E-state index in [2.05, 4.69) is 14.9 Å². The largest absolute Gasteiger partial charge is 0.349 e. The van der Waals surface area contributed by atoms with E-state index in [4.69, 9.17) is 0 Å². The van der Waals surface area contributed by atoms with Gasteiger partial charge in [-0.1, -0.05) is 0 Å². The summed E-state index contributed by atoms with van der Waals surface area (Å²) in [5.74, 6) is 0.651. The first-order valence-corrected chi connectivity index (χ1v) is 6.75. The third kappa shape index (κ3) is 2.18. The number of hydrogen-bond donors (Lipinski definition) is 0. The van der Waals surface area contributed by atoms with E-state index in [-0.39, 0.29) is 10.6 Å². The first-order valence-electron chi connectivity index (χ1n) is 6.75. The molecule has 1 aliphatic carbocycles. The van der Waals surface area contributed by atoms with Crippen molar-refractivity contribution in [2.24, 2.45) is 7.05 Å². The second kappa shape index (κ2) is 4.48. The summed E-state index contributed by atoms with van der Waals surface area (Å²) in [6.07, 6.45) is 2.62. The van der Waals surface area contributed by atoms with Gasteiger partial charge in [0.15, 0.2) is 0 Å². The molecule has 104 valence electrons. The van der Waals surface area contributed by atoms with Crippen molar-refractivity contribution in [3.63, 3.8) is 0 Å². The number of piperazine rings is 1. The quantitative estimate of drug-likeness (QED) is 0.600. The topological polar surface area (TPSA) is 67.4 Å². The minimum Gasteiger partial charge on any atom is -0.349 e. The second-order valence-electron chi connectivity index (χ2n) is 5.39. The van der Waals surface area contributed by atoms with Crippen LogP contribution in [0.4, 0.5) is 11.5 Å². The number of nitrogens with zero attached hydrogens (tertiary/aromatic N) is 5. The molecular formula is C12H19N5O2. The summed E-state index contributed by atoms with van der Waals surface area (Å²) in [5, 5.41) is 15.4. The minimum atomic E-state index is -0.315. The van der Waals surface area contributed by atoms with Crippen LogP contribution in [0.25, 0.3) is 0 Å². The molecule has 1 aromatic rings. The molecule has 7 nitrogen and oxygen atoms in total. The lowest BCUT2D eigenvalue weighted by Crippen LogP contribution is -2.47. The van der Waals surface area contributed by atoms with E-state index in [1.165, 1.54) is 12.8 Å². The molecule has 7 heteroatoms. The van der Waals surface area contributed by atoms with Crippen molar-refractivity contribution in [1.29, 1.82) is 0 Å². The molecule has 0 spiro atoms. The lowest BCUT2D eigenvalue weighted by atomic mass is 10.3. The van der Waals surface area contributed by atoms with E-state index in [9.17, 15) is 10.1 Å². The van der Waals surface area contributed by atoms with E-state index in [0.717, 1.165) is 32.2 Å². The van der Waals surface area contributed by atoms with Gasteiger partial charge < -0.3 is 4.90 Å². The highest BCUT2D eigenvalue weighted by atomic mass is 16.6. The molecule has 0 atom stereocenters. The molecule has 0 aromatic carbocycles. The van der Waals surface area contributed by atoms with Gasteiger partial charge in [-0.15, -0.1) is 0 Å². The summed E-state index contributed by atoms with van der Waals surface area (Å²) in [4.78, 5) is 15.5. The Labute approximate surface area is 111 Å². The predicted octanol–water partition coefficient (Wildman–Crippen LogP) is 0.921. The normalized spacial score (nSPS) is 20.8. The lowest BCUT2D eigenvalue weighted by molar-refractivity contribution is -0.384. The van der Waals surface area contributed by atoms with Crippen molar-refractivity contribution in [3.8, 4) is 0 Å². The van der Waals surface area contributed by atoms with Crippen molar-refractivity contribution in [2.75, 3.05) is 31.1 Å². The molecule has 1 aromatic heterocycles. The van der Waals surface area contributed by atoms with Gasteiger partial charge in [0, 0.05) is 39.3 Å². The molecule has 1 aliphatic heterocycles. The molecule has 0 N–H and O–H groups in total. The molecule has 2 heterocycles. The summed E-state index contributed by atoms with van der Waals surface area (Å²) in [5.41, 5.74) is 0.648. The Balaban J connectivity index is 1.80. The van der Waals surface area contributed by atoms with Crippen LogP contribution in [0.15, 0.2) is 0 Å². The van der Waals surface area contributed by atoms with Crippen molar-refractivity contribution < 1.29 is 4.92 Å². The number of hydrogen-bond acceptors (Lipinski definition) is 5. The van der Waals surface area contributed by atoms with Crippen LogP contribution in [-0.2, 0) is 7.05 Å². The zero-order chi connectivity index (χ0) is 13.6. The highest BCUT2D eigenvalue weighted by Crippen LogP contribution is 2.33. The minimum absolute atomic E-state index is 0.155. The third-order valence-corrected chi connectivity index (χ3v) is 4.02. The Morgan fingerprint density at radius 2 is 1.89 bits per heavy atom. The molecular weight excluding hydrogens is 246 g/mol. The van der Waals surface area contributed by atoms with E-state index in [0.29, 0.717) is 11.5 Å². The molecule has 0 radical (unpaired) electrons. The Morgan fingerprint density at radius 3 is 2.42 bits per heavy atom. The van der Waals surface area contributed by atoms with Crippen molar-refractivity contribution >= 4 is 11.5 Å². The maximum atomic E-state index is 11.2. The lowest BCUT2D eigenvalue weighted by Gasteiger charge is -2.35. The van der Waals surface area contributed by atoms with E-state index >= 15 is 0 Å². The molecule has 0 bridgehead atoms. The van der Waals surface area contributed by atoms with Gasteiger partial charge in [0.2, 0.25) is 5.82 Å². The van der Waals surface area contributed by atoms with Crippen LogP contribution in [0.1, 0.15) is 18.5 Å². The number of anilines is 1. The fourth-order valence-electron chi connectivity index (χ4n) is 2.94. The van der Waals surface area contributed by atoms with Gasteiger partial charge in [0.05, 0.1) is 4.92 Å². The van der Waals surface area contributed by atoms with Gasteiger partial charge in [0.25, 0.3) is 0 Å². The first-order chi connectivity index (χ1) is 9.08. The molecule has 0 unspecified atom stereocenters. The van der Waals surface area contributed by atoms with Crippen LogP contribution in [0.3, 0.4) is 0 Å². The summed E-state index contributed by atoms with van der Waals surface area (Å²) in [6, 6.07) is 0.769. The molecule has 1 saturated carbocycles. The number of aryl methyl sites for hydroxylation is 2. The highest BCUT2D eigenvalue weighted by Gasteiger charge is 2.34. The van der Waals surface area contributed by atoms with Crippen LogP contribution < -0.4 is 4.90 Å². The zero-order valence-corrected chi connectivity index (χ0v) is 11.4. The van der Waals surface area contributed by atoms with Gasteiger partial charge >= 0.3 is 5.69 Å². The van der Waals surface area contributed by atoms with Gasteiger partial charge in [-0.25, -0.2) is 4.68 Å². The zero-order valence-electron chi connectivity index (χ0n) is 11.4. The smallest absolute Gasteiger partial charge is 0.333 e. The maximum absolute atomic E-state index is 11.2. The molecule has 2 aliphatic rings. The van der Waals surface area contributed by atoms with Crippen molar-refractivity contribution in [3.05, 3.63) is 15.8 Å². The van der Waals surface area contributed by atoms with Crippen LogP contribution in [0, 0.1) is 17.0 Å². The summed E-state index contributed by atoms with van der Waals surface area (Å²) < 4.78 is 1.64. The monoisotopic (exact) mass is 265 g/mol. The molecule has 19 heavy (non-hydrogen) atoms. The van der Waals surface area contributed by atoms with Crippen LogP contribution in [-0.4, -0.2) is 51.8 Å². The molecule has 2 fully saturated rings. The van der Waals surface area contributed by atoms with E-state index in [1.54, 1.807) is 18.7 Å². The summed E-state index contributed by atoms with van der Waals surface area (Å²) in [6.45, 7) is 5.37.